The van der Waals surface area contributed by atoms with Crippen molar-refractivity contribution in [3.63, 3.8) is 0 Å². The minimum Gasteiger partial charge on any atom is -0.327 e. The number of nitrogens with zero attached hydrogens (tertiary/aromatic N) is 3. The molecule has 6 heteroatoms. The Morgan fingerprint density at radius 3 is 2.75 bits per heavy atom. The second kappa shape index (κ2) is 7.64. The molecule has 2 aliphatic rings. The van der Waals surface area contributed by atoms with E-state index >= 15 is 0 Å². The zero-order valence-corrected chi connectivity index (χ0v) is 13.7. The summed E-state index contributed by atoms with van der Waals surface area (Å²) in [4.78, 5) is 2.60. The second-order valence-electron chi connectivity index (χ2n) is 6.05. The third kappa shape index (κ3) is 3.88. The zero-order valence-electron chi connectivity index (χ0n) is 12.1. The first-order valence-corrected chi connectivity index (χ1v) is 7.18. The fourth-order valence-corrected chi connectivity index (χ4v) is 3.68. The van der Waals surface area contributed by atoms with Crippen LogP contribution < -0.4 is 5.73 Å². The number of hydrogen-bond acceptors (Lipinski definition) is 3. The minimum absolute atomic E-state index is 0. The Labute approximate surface area is 133 Å². The quantitative estimate of drug-likeness (QED) is 0.924. The molecular weight excluding hydrogens is 295 g/mol. The second-order valence-corrected chi connectivity index (χ2v) is 6.05. The molecule has 3 atom stereocenters. The maximum atomic E-state index is 6.25. The summed E-state index contributed by atoms with van der Waals surface area (Å²) in [5, 5.41) is 4.22. The lowest BCUT2D eigenvalue weighted by molar-refractivity contribution is 0.259. The van der Waals surface area contributed by atoms with Crippen LogP contribution in [0.25, 0.3) is 0 Å². The van der Waals surface area contributed by atoms with E-state index in [9.17, 15) is 0 Å². The Morgan fingerprint density at radius 1 is 1.30 bits per heavy atom. The minimum atomic E-state index is 0. The van der Waals surface area contributed by atoms with Crippen molar-refractivity contribution in [2.75, 3.05) is 19.6 Å². The third-order valence-corrected chi connectivity index (χ3v) is 4.70. The lowest BCUT2D eigenvalue weighted by atomic mass is 9.78. The fraction of sp³-hybridized carbons (Fsp3) is 0.786. The molecule has 0 bridgehead atoms. The van der Waals surface area contributed by atoms with Gasteiger partial charge in [-0.1, -0.05) is 6.42 Å². The van der Waals surface area contributed by atoms with Crippen molar-refractivity contribution in [2.24, 2.45) is 24.6 Å². The number of nitrogens with two attached hydrogens (primary N) is 1. The maximum Gasteiger partial charge on any atom is 0.0522 e. The van der Waals surface area contributed by atoms with Crippen molar-refractivity contribution in [3.8, 4) is 0 Å². The Morgan fingerprint density at radius 2 is 2.10 bits per heavy atom. The lowest BCUT2D eigenvalue weighted by Crippen LogP contribution is -2.38. The first kappa shape index (κ1) is 17.8. The molecule has 2 fully saturated rings. The van der Waals surface area contributed by atoms with Crippen molar-refractivity contribution in [1.82, 2.24) is 14.7 Å². The summed E-state index contributed by atoms with van der Waals surface area (Å²) in [5.74, 6) is 1.62. The van der Waals surface area contributed by atoms with E-state index in [0.717, 1.165) is 24.8 Å². The molecule has 0 radical (unpaired) electrons. The summed E-state index contributed by atoms with van der Waals surface area (Å²) < 4.78 is 1.88. The van der Waals surface area contributed by atoms with E-state index in [-0.39, 0.29) is 24.8 Å². The molecule has 1 aromatic rings. The average molecular weight is 321 g/mol. The van der Waals surface area contributed by atoms with Crippen molar-refractivity contribution in [2.45, 2.75) is 31.7 Å². The predicted molar refractivity (Wildman–Crippen MR) is 86.7 cm³/mol. The number of fused-ring (bicyclic) bond motifs is 1. The Bertz CT molecular complexity index is 410. The molecule has 0 spiro atoms. The SMILES string of the molecule is Cl.Cl.Cn1cc(CCN2CC3CCCC(N)C3C2)cn1. The van der Waals surface area contributed by atoms with Gasteiger partial charge in [0.15, 0.2) is 0 Å². The van der Waals surface area contributed by atoms with E-state index in [2.05, 4.69) is 16.2 Å². The van der Waals surface area contributed by atoms with E-state index in [0.29, 0.717) is 6.04 Å². The zero-order chi connectivity index (χ0) is 12.5. The van der Waals surface area contributed by atoms with E-state index in [4.69, 9.17) is 5.73 Å². The van der Waals surface area contributed by atoms with Crippen LogP contribution >= 0.6 is 24.8 Å². The standard InChI is InChI=1S/C14H24N4.2ClH/c1-17-8-11(7-16-17)5-6-18-9-12-3-2-4-14(15)13(12)10-18;;/h7-8,12-14H,2-6,9-10,15H2,1H3;2*1H. The largest absolute Gasteiger partial charge is 0.327 e. The predicted octanol–water partition coefficient (Wildman–Crippen LogP) is 1.87. The maximum absolute atomic E-state index is 6.25. The molecule has 3 unspecified atom stereocenters. The van der Waals surface area contributed by atoms with Crippen LogP contribution in [0.5, 0.6) is 0 Å². The summed E-state index contributed by atoms with van der Waals surface area (Å²) >= 11 is 0. The van der Waals surface area contributed by atoms with Gasteiger partial charge in [-0.25, -0.2) is 0 Å². The molecule has 2 heterocycles. The number of aryl methyl sites for hydroxylation is 1. The van der Waals surface area contributed by atoms with Gasteiger partial charge in [-0.2, -0.15) is 5.10 Å². The van der Waals surface area contributed by atoms with E-state index < -0.39 is 0 Å². The Balaban J connectivity index is 0.000001000. The Kier molecular flexibility index (Phi) is 6.79. The van der Waals surface area contributed by atoms with E-state index in [1.54, 1.807) is 0 Å². The first-order chi connectivity index (χ1) is 8.72. The summed E-state index contributed by atoms with van der Waals surface area (Å²) in [6, 6.07) is 0.451. The van der Waals surface area contributed by atoms with Gasteiger partial charge in [0.25, 0.3) is 0 Å². The molecular formula is C14H26Cl2N4. The molecule has 2 N–H and O–H groups in total. The van der Waals surface area contributed by atoms with Gasteiger partial charge >= 0.3 is 0 Å². The van der Waals surface area contributed by atoms with Crippen LogP contribution in [-0.2, 0) is 13.5 Å². The van der Waals surface area contributed by atoms with Gasteiger partial charge in [0.1, 0.15) is 0 Å². The van der Waals surface area contributed by atoms with E-state index in [1.165, 1.54) is 37.9 Å². The van der Waals surface area contributed by atoms with Crippen LogP contribution in [0.2, 0.25) is 0 Å². The molecule has 0 amide bonds. The monoisotopic (exact) mass is 320 g/mol. The molecule has 1 aromatic heterocycles. The van der Waals surface area contributed by atoms with Gasteiger partial charge in [0, 0.05) is 38.9 Å². The summed E-state index contributed by atoms with van der Waals surface area (Å²) in [7, 11) is 1.98. The molecule has 1 saturated carbocycles. The number of halogens is 2. The van der Waals surface area contributed by atoms with Crippen molar-refractivity contribution in [1.29, 1.82) is 0 Å². The number of rotatable bonds is 3. The van der Waals surface area contributed by atoms with Crippen LogP contribution in [0.15, 0.2) is 12.4 Å². The molecule has 1 saturated heterocycles. The molecule has 1 aliphatic carbocycles. The first-order valence-electron chi connectivity index (χ1n) is 7.18. The highest BCUT2D eigenvalue weighted by molar-refractivity contribution is 5.85. The van der Waals surface area contributed by atoms with Gasteiger partial charge < -0.3 is 10.6 Å². The highest BCUT2D eigenvalue weighted by atomic mass is 35.5. The summed E-state index contributed by atoms with van der Waals surface area (Å²) in [6.45, 7) is 3.64. The fourth-order valence-electron chi connectivity index (χ4n) is 3.68. The van der Waals surface area contributed by atoms with Crippen LogP contribution in [0.4, 0.5) is 0 Å². The van der Waals surface area contributed by atoms with Crippen molar-refractivity contribution in [3.05, 3.63) is 18.0 Å². The molecule has 116 valence electrons. The summed E-state index contributed by atoms with van der Waals surface area (Å²) in [6.07, 6.45) is 9.17. The van der Waals surface area contributed by atoms with Gasteiger partial charge in [0.2, 0.25) is 0 Å². The van der Waals surface area contributed by atoms with Gasteiger partial charge in [-0.3, -0.25) is 4.68 Å². The third-order valence-electron chi connectivity index (χ3n) is 4.70. The van der Waals surface area contributed by atoms with Crippen LogP contribution in [0, 0.1) is 11.8 Å². The van der Waals surface area contributed by atoms with Gasteiger partial charge in [0.05, 0.1) is 6.20 Å². The van der Waals surface area contributed by atoms with Crippen LogP contribution in [0.3, 0.4) is 0 Å². The van der Waals surface area contributed by atoms with Crippen LogP contribution in [0.1, 0.15) is 24.8 Å². The topological polar surface area (TPSA) is 47.1 Å². The van der Waals surface area contributed by atoms with Crippen molar-refractivity contribution >= 4 is 24.8 Å². The lowest BCUT2D eigenvalue weighted by Gasteiger charge is -2.29. The normalized spacial score (nSPS) is 29.4. The Hall–Kier alpha value is -0.290. The van der Waals surface area contributed by atoms with Crippen molar-refractivity contribution < 1.29 is 0 Å². The average Bonchev–Trinajstić information content (AvgIpc) is 2.93. The highest BCUT2D eigenvalue weighted by Gasteiger charge is 2.38. The molecule has 1 aliphatic heterocycles. The smallest absolute Gasteiger partial charge is 0.0522 e. The number of hydrogen-bond donors (Lipinski definition) is 1. The highest BCUT2D eigenvalue weighted by Crippen LogP contribution is 2.35. The van der Waals surface area contributed by atoms with E-state index in [1.807, 2.05) is 17.9 Å². The molecule has 20 heavy (non-hydrogen) atoms. The van der Waals surface area contributed by atoms with Gasteiger partial charge in [-0.15, -0.1) is 24.8 Å². The van der Waals surface area contributed by atoms with Gasteiger partial charge in [-0.05, 0) is 36.7 Å². The molecule has 0 aromatic carbocycles. The molecule has 3 rings (SSSR count). The number of likely N-dealkylation sites (tertiary alicyclic amines) is 1. The van der Waals surface area contributed by atoms with Crippen LogP contribution in [-0.4, -0.2) is 40.4 Å². The number of aromatic nitrogens is 2. The summed E-state index contributed by atoms with van der Waals surface area (Å²) in [5.41, 5.74) is 7.60. The molecule has 4 nitrogen and oxygen atoms in total.